The van der Waals surface area contributed by atoms with Gasteiger partial charge in [-0.3, -0.25) is 0 Å². The van der Waals surface area contributed by atoms with Gasteiger partial charge in [0.05, 0.1) is 0 Å². The van der Waals surface area contributed by atoms with Gasteiger partial charge in [0, 0.05) is 17.3 Å². The van der Waals surface area contributed by atoms with Crippen molar-refractivity contribution in [3.05, 3.63) is 131 Å². The van der Waals surface area contributed by atoms with Crippen molar-refractivity contribution in [3.8, 4) is 0 Å². The lowest BCUT2D eigenvalue weighted by Gasteiger charge is -2.21. The van der Waals surface area contributed by atoms with Crippen LogP contribution in [0.1, 0.15) is 71.6 Å². The molecule has 0 saturated heterocycles. The number of hydrogen-bond donors (Lipinski definition) is 1. The first-order chi connectivity index (χ1) is 16.9. The van der Waals surface area contributed by atoms with E-state index in [2.05, 4.69) is 119 Å². The average molecular weight is 462 g/mol. The number of rotatable bonds is 11. The van der Waals surface area contributed by atoms with Gasteiger partial charge in [-0.15, -0.1) is 0 Å². The van der Waals surface area contributed by atoms with Crippen molar-refractivity contribution >= 4 is 23.4 Å². The second kappa shape index (κ2) is 12.2. The monoisotopic (exact) mass is 461 g/mol. The van der Waals surface area contributed by atoms with E-state index in [9.17, 15) is 0 Å². The highest BCUT2D eigenvalue weighted by molar-refractivity contribution is 5.69. The number of aryl methyl sites for hydroxylation is 3. The third kappa shape index (κ3) is 6.73. The Hall–Kier alpha value is -3.58. The van der Waals surface area contributed by atoms with Crippen molar-refractivity contribution in [2.75, 3.05) is 5.32 Å². The fourth-order valence-electron chi connectivity index (χ4n) is 4.67. The lowest BCUT2D eigenvalue weighted by molar-refractivity contribution is 0.765. The summed E-state index contributed by atoms with van der Waals surface area (Å²) in [5, 5.41) is 3.55. The summed E-state index contributed by atoms with van der Waals surface area (Å²) in [6, 6.07) is 22.0. The minimum atomic E-state index is 0.249. The van der Waals surface area contributed by atoms with E-state index in [1.54, 1.807) is 0 Å². The van der Waals surface area contributed by atoms with E-state index < -0.39 is 0 Å². The molecule has 0 saturated carbocycles. The van der Waals surface area contributed by atoms with Gasteiger partial charge < -0.3 is 5.32 Å². The summed E-state index contributed by atoms with van der Waals surface area (Å²) < 4.78 is 0. The van der Waals surface area contributed by atoms with Gasteiger partial charge >= 0.3 is 0 Å². The highest BCUT2D eigenvalue weighted by atomic mass is 14.9. The molecule has 0 aromatic heterocycles. The predicted molar refractivity (Wildman–Crippen MR) is 157 cm³/mol. The molecule has 1 N–H and O–H groups in total. The Balaban J connectivity index is 1.65. The van der Waals surface area contributed by atoms with E-state index in [1.807, 2.05) is 13.0 Å². The molecule has 0 bridgehead atoms. The highest BCUT2D eigenvalue weighted by Gasteiger charge is 2.14. The fraction of sp³-hybridized carbons (Fsp3) is 0.235. The molecule has 0 radical (unpaired) electrons. The van der Waals surface area contributed by atoms with Gasteiger partial charge in [0.1, 0.15) is 0 Å². The molecule has 35 heavy (non-hydrogen) atoms. The van der Waals surface area contributed by atoms with Gasteiger partial charge in [0.2, 0.25) is 0 Å². The minimum absolute atomic E-state index is 0.249. The van der Waals surface area contributed by atoms with Crippen molar-refractivity contribution in [2.24, 2.45) is 0 Å². The molecule has 0 fully saturated rings. The first-order valence-corrected chi connectivity index (χ1v) is 12.6. The topological polar surface area (TPSA) is 12.0 Å². The molecule has 3 rings (SSSR count). The number of allylic oxidation sites excluding steroid dienone is 3. The largest absolute Gasteiger partial charge is 0.359 e. The standard InChI is InChI=1S/C34H39N/c1-8-11-31-23-32(20-19-29(31)9-2)35-27(7)33(10-3)30-17-15-28(16-18-30)14-13-25(5)34-21-12-24(4)22-26(34)6/h8-9,11-12,15-23,33,35H,2,5,7,10,13-14H2,1,3-4,6H3/b11-8-. The van der Waals surface area contributed by atoms with Crippen molar-refractivity contribution < 1.29 is 0 Å². The van der Waals surface area contributed by atoms with Crippen LogP contribution in [0.4, 0.5) is 5.69 Å². The first kappa shape index (κ1) is 26.0. The number of benzene rings is 3. The quantitative estimate of drug-likeness (QED) is 0.299. The van der Waals surface area contributed by atoms with E-state index in [1.165, 1.54) is 33.4 Å². The predicted octanol–water partition coefficient (Wildman–Crippen LogP) is 9.74. The summed E-state index contributed by atoms with van der Waals surface area (Å²) in [4.78, 5) is 0. The van der Waals surface area contributed by atoms with Crippen LogP contribution in [0, 0.1) is 13.8 Å². The lowest BCUT2D eigenvalue weighted by Crippen LogP contribution is -2.09. The van der Waals surface area contributed by atoms with Crippen molar-refractivity contribution in [1.82, 2.24) is 0 Å². The van der Waals surface area contributed by atoms with Crippen molar-refractivity contribution in [3.63, 3.8) is 0 Å². The van der Waals surface area contributed by atoms with Gasteiger partial charge in [-0.1, -0.05) is 99.0 Å². The molecule has 1 atom stereocenters. The van der Waals surface area contributed by atoms with Gasteiger partial charge in [-0.05, 0) is 91.1 Å². The molecule has 1 heteroatoms. The summed E-state index contributed by atoms with van der Waals surface area (Å²) in [6.45, 7) is 21.2. The average Bonchev–Trinajstić information content (AvgIpc) is 2.84. The molecule has 180 valence electrons. The second-order valence-electron chi connectivity index (χ2n) is 9.32. The summed E-state index contributed by atoms with van der Waals surface area (Å²) in [6.07, 6.45) is 8.99. The number of nitrogens with one attached hydrogen (secondary N) is 1. The zero-order chi connectivity index (χ0) is 25.4. The maximum absolute atomic E-state index is 4.38. The Morgan fingerprint density at radius 3 is 2.31 bits per heavy atom. The van der Waals surface area contributed by atoms with E-state index in [4.69, 9.17) is 0 Å². The van der Waals surface area contributed by atoms with Crippen LogP contribution in [0.5, 0.6) is 0 Å². The molecule has 0 aliphatic heterocycles. The molecular formula is C34H39N. The van der Waals surface area contributed by atoms with Crippen LogP contribution < -0.4 is 5.32 Å². The van der Waals surface area contributed by atoms with Crippen LogP contribution in [0.15, 0.2) is 92.2 Å². The van der Waals surface area contributed by atoms with Crippen molar-refractivity contribution in [2.45, 2.75) is 52.9 Å². The normalized spacial score (nSPS) is 11.9. The summed E-state index contributed by atoms with van der Waals surface area (Å²) >= 11 is 0. The Morgan fingerprint density at radius 2 is 1.69 bits per heavy atom. The molecule has 0 heterocycles. The molecule has 1 unspecified atom stereocenters. The smallest absolute Gasteiger partial charge is 0.0388 e. The van der Waals surface area contributed by atoms with Crippen LogP contribution >= 0.6 is 0 Å². The van der Waals surface area contributed by atoms with E-state index in [-0.39, 0.29) is 5.92 Å². The summed E-state index contributed by atoms with van der Waals surface area (Å²) in [5.41, 5.74) is 12.1. The van der Waals surface area contributed by atoms with E-state index in [0.717, 1.165) is 41.8 Å². The fourth-order valence-corrected chi connectivity index (χ4v) is 4.67. The van der Waals surface area contributed by atoms with E-state index >= 15 is 0 Å². The zero-order valence-corrected chi connectivity index (χ0v) is 21.8. The molecule has 0 spiro atoms. The summed E-state index contributed by atoms with van der Waals surface area (Å²) in [5.74, 6) is 0.249. The maximum atomic E-state index is 4.38. The van der Waals surface area contributed by atoms with Crippen LogP contribution in [0.2, 0.25) is 0 Å². The molecule has 3 aromatic rings. The Kier molecular flexibility index (Phi) is 9.09. The minimum Gasteiger partial charge on any atom is -0.359 e. The zero-order valence-electron chi connectivity index (χ0n) is 21.8. The van der Waals surface area contributed by atoms with Crippen LogP contribution in [0.25, 0.3) is 17.7 Å². The van der Waals surface area contributed by atoms with Crippen LogP contribution in [-0.4, -0.2) is 0 Å². The molecule has 0 aliphatic rings. The number of hydrogen-bond acceptors (Lipinski definition) is 1. The Labute approximate surface area is 212 Å². The molecule has 1 nitrogen and oxygen atoms in total. The number of anilines is 1. The Bertz CT molecular complexity index is 1220. The van der Waals surface area contributed by atoms with Gasteiger partial charge in [0.25, 0.3) is 0 Å². The van der Waals surface area contributed by atoms with Crippen LogP contribution in [0.3, 0.4) is 0 Å². The highest BCUT2D eigenvalue weighted by Crippen LogP contribution is 2.30. The van der Waals surface area contributed by atoms with Gasteiger partial charge in [-0.2, -0.15) is 0 Å². The van der Waals surface area contributed by atoms with E-state index in [0.29, 0.717) is 0 Å². The summed E-state index contributed by atoms with van der Waals surface area (Å²) in [7, 11) is 0. The third-order valence-electron chi connectivity index (χ3n) is 6.65. The van der Waals surface area contributed by atoms with Crippen LogP contribution in [-0.2, 0) is 6.42 Å². The SMILES string of the molecule is C=Cc1ccc(NC(=C)C(CC)c2ccc(CCC(=C)c3ccc(C)cc3C)cc2)cc1/C=C\C. The molecule has 0 aliphatic carbocycles. The lowest BCUT2D eigenvalue weighted by atomic mass is 9.91. The third-order valence-corrected chi connectivity index (χ3v) is 6.65. The van der Waals surface area contributed by atoms with Crippen molar-refractivity contribution in [1.29, 1.82) is 0 Å². The Morgan fingerprint density at radius 1 is 0.943 bits per heavy atom. The second-order valence-corrected chi connectivity index (χ2v) is 9.32. The van der Waals surface area contributed by atoms with Gasteiger partial charge in [0.15, 0.2) is 0 Å². The first-order valence-electron chi connectivity index (χ1n) is 12.6. The maximum Gasteiger partial charge on any atom is 0.0388 e. The molecular weight excluding hydrogens is 422 g/mol. The van der Waals surface area contributed by atoms with Gasteiger partial charge in [-0.25, -0.2) is 0 Å². The molecule has 3 aromatic carbocycles. The molecule has 0 amide bonds.